The molecule has 0 spiro atoms. The van der Waals surface area contributed by atoms with E-state index in [4.69, 9.17) is 41.9 Å². The van der Waals surface area contributed by atoms with E-state index in [2.05, 4.69) is 5.32 Å². The van der Waals surface area contributed by atoms with Crippen LogP contribution in [0, 0.1) is 0 Å². The van der Waals surface area contributed by atoms with Crippen molar-refractivity contribution in [2.24, 2.45) is 22.9 Å². The smallest absolute Gasteiger partial charge is 0.186 e. The van der Waals surface area contributed by atoms with E-state index in [1.165, 1.54) is 14.0 Å². The second kappa shape index (κ2) is 11.4. The van der Waals surface area contributed by atoms with Crippen molar-refractivity contribution < 1.29 is 49.6 Å². The first-order valence-electron chi connectivity index (χ1n) is 11.7. The Hall–Kier alpha value is -0.600. The predicted octanol–water partition coefficient (Wildman–Crippen LogP) is -6.67. The van der Waals surface area contributed by atoms with Gasteiger partial charge >= 0.3 is 0 Å². The number of nitrogens with one attached hydrogen (secondary N) is 1. The molecule has 0 aromatic heterocycles. The SMILES string of the molecule is CNC1C(O)C(OC2C(N)CC(N)C(OC3OC(CN)C(O)C(O)C3N)C2O)OC(CO)C1(C)O. The van der Waals surface area contributed by atoms with Gasteiger partial charge in [-0.3, -0.25) is 0 Å². The molecule has 0 bridgehead atoms. The van der Waals surface area contributed by atoms with E-state index in [0.717, 1.165) is 0 Å². The van der Waals surface area contributed by atoms with Crippen molar-refractivity contribution >= 4 is 0 Å². The lowest BCUT2D eigenvalue weighted by atomic mass is 9.82. The molecule has 1 saturated carbocycles. The van der Waals surface area contributed by atoms with Crippen LogP contribution in [0.5, 0.6) is 0 Å². The molecule has 3 fully saturated rings. The Morgan fingerprint density at radius 2 is 1.49 bits per heavy atom. The molecule has 0 aromatic carbocycles. The van der Waals surface area contributed by atoms with Gasteiger partial charge in [0.2, 0.25) is 0 Å². The third-order valence-corrected chi connectivity index (χ3v) is 7.30. The molecule has 3 aliphatic rings. The van der Waals surface area contributed by atoms with Crippen LogP contribution in [-0.2, 0) is 18.9 Å². The van der Waals surface area contributed by atoms with Crippen LogP contribution in [0.15, 0.2) is 0 Å². The maximum absolute atomic E-state index is 11.1. The molecule has 1 aliphatic carbocycles. The molecule has 2 heterocycles. The van der Waals surface area contributed by atoms with Gasteiger partial charge in [0.1, 0.15) is 54.4 Å². The summed E-state index contributed by atoms with van der Waals surface area (Å²) in [4.78, 5) is 0. The van der Waals surface area contributed by atoms with E-state index in [1.807, 2.05) is 0 Å². The molecule has 15 nitrogen and oxygen atoms in total. The van der Waals surface area contributed by atoms with Crippen molar-refractivity contribution in [2.75, 3.05) is 20.2 Å². The van der Waals surface area contributed by atoms with Crippen LogP contribution in [0.3, 0.4) is 0 Å². The molecule has 206 valence electrons. The van der Waals surface area contributed by atoms with Gasteiger partial charge in [-0.1, -0.05) is 0 Å². The van der Waals surface area contributed by atoms with Crippen LogP contribution in [-0.4, -0.2) is 142 Å². The first-order valence-corrected chi connectivity index (χ1v) is 11.7. The van der Waals surface area contributed by atoms with Crippen LogP contribution in [0.2, 0.25) is 0 Å². The van der Waals surface area contributed by atoms with Gasteiger partial charge in [0.05, 0.1) is 18.7 Å². The van der Waals surface area contributed by atoms with Crippen molar-refractivity contribution in [3.63, 3.8) is 0 Å². The number of aliphatic hydroxyl groups excluding tert-OH is 5. The molecule has 15 atom stereocenters. The second-order valence-corrected chi connectivity index (χ2v) is 9.75. The molecule has 15 N–H and O–H groups in total. The standard InChI is InChI=1S/C20H41N5O10/c1-20(31)9(5-26)33-19(14(30)17(20)25-2)35-16-7(23)3-6(22)15(13(16)29)34-18-10(24)12(28)11(27)8(4-21)32-18/h6-19,25-31H,3-5,21-24H2,1-2H3. The first-order chi connectivity index (χ1) is 16.4. The molecule has 3 rings (SSSR count). The highest BCUT2D eigenvalue weighted by Crippen LogP contribution is 2.34. The molecular formula is C20H41N5O10. The molecule has 0 radical (unpaired) electrons. The van der Waals surface area contributed by atoms with Crippen LogP contribution >= 0.6 is 0 Å². The van der Waals surface area contributed by atoms with Gasteiger partial charge in [-0.25, -0.2) is 0 Å². The van der Waals surface area contributed by atoms with Crippen LogP contribution in [0.1, 0.15) is 13.3 Å². The van der Waals surface area contributed by atoms with E-state index >= 15 is 0 Å². The number of hydrogen-bond acceptors (Lipinski definition) is 15. The predicted molar refractivity (Wildman–Crippen MR) is 119 cm³/mol. The van der Waals surface area contributed by atoms with E-state index in [9.17, 15) is 30.6 Å². The Morgan fingerprint density at radius 3 is 2.00 bits per heavy atom. The summed E-state index contributed by atoms with van der Waals surface area (Å²) in [6.07, 6.45) is -12.3. The Morgan fingerprint density at radius 1 is 0.914 bits per heavy atom. The average Bonchev–Trinajstić information content (AvgIpc) is 2.80. The monoisotopic (exact) mass is 511 g/mol. The number of nitrogens with two attached hydrogens (primary N) is 4. The van der Waals surface area contributed by atoms with Crippen molar-refractivity contribution in [1.29, 1.82) is 0 Å². The van der Waals surface area contributed by atoms with Crippen LogP contribution in [0.25, 0.3) is 0 Å². The molecule has 0 amide bonds. The molecule has 0 aromatic rings. The van der Waals surface area contributed by atoms with Gasteiger partial charge in [0, 0.05) is 18.6 Å². The summed E-state index contributed by atoms with van der Waals surface area (Å²) in [7, 11) is 1.52. The van der Waals surface area contributed by atoms with Crippen molar-refractivity contribution in [2.45, 2.75) is 105 Å². The lowest BCUT2D eigenvalue weighted by Gasteiger charge is -2.51. The van der Waals surface area contributed by atoms with Gasteiger partial charge in [-0.15, -0.1) is 0 Å². The topological polar surface area (TPSA) is 274 Å². The van der Waals surface area contributed by atoms with E-state index in [1.54, 1.807) is 0 Å². The summed E-state index contributed by atoms with van der Waals surface area (Å²) < 4.78 is 22.9. The van der Waals surface area contributed by atoms with Crippen LogP contribution in [0.4, 0.5) is 0 Å². The number of hydrogen-bond donors (Lipinski definition) is 11. The fourth-order valence-electron chi connectivity index (χ4n) is 5.11. The van der Waals surface area contributed by atoms with Crippen molar-refractivity contribution in [3.05, 3.63) is 0 Å². The molecule has 35 heavy (non-hydrogen) atoms. The maximum atomic E-state index is 11.1. The minimum atomic E-state index is -1.62. The lowest BCUT2D eigenvalue weighted by molar-refractivity contribution is -0.332. The summed E-state index contributed by atoms with van der Waals surface area (Å²) in [6, 6.07) is -3.65. The molecular weight excluding hydrogens is 470 g/mol. The van der Waals surface area contributed by atoms with Crippen molar-refractivity contribution in [3.8, 4) is 0 Å². The van der Waals surface area contributed by atoms with Gasteiger partial charge in [0.25, 0.3) is 0 Å². The Bertz CT molecular complexity index is 693. The third kappa shape index (κ3) is 5.50. The fraction of sp³-hybridized carbons (Fsp3) is 1.00. The number of ether oxygens (including phenoxy) is 4. The highest BCUT2D eigenvalue weighted by Gasteiger charge is 2.54. The number of likely N-dealkylation sites (N-methyl/N-ethyl adjacent to an activating group) is 1. The van der Waals surface area contributed by atoms with E-state index in [0.29, 0.717) is 0 Å². The average molecular weight is 512 g/mol. The van der Waals surface area contributed by atoms with Gasteiger partial charge < -0.3 is 77.8 Å². The van der Waals surface area contributed by atoms with Gasteiger partial charge in [-0.05, 0) is 20.4 Å². The second-order valence-electron chi connectivity index (χ2n) is 9.75. The zero-order chi connectivity index (χ0) is 26.2. The Labute approximate surface area is 203 Å². The fourth-order valence-corrected chi connectivity index (χ4v) is 5.11. The largest absolute Gasteiger partial charge is 0.394 e. The molecule has 15 unspecified atom stereocenters. The zero-order valence-electron chi connectivity index (χ0n) is 19.8. The normalized spacial score (nSPS) is 53.5. The highest BCUT2D eigenvalue weighted by atomic mass is 16.7. The quantitative estimate of drug-likeness (QED) is 0.151. The van der Waals surface area contributed by atoms with Gasteiger partial charge in [0.15, 0.2) is 12.6 Å². The first kappa shape index (κ1) is 29.0. The maximum Gasteiger partial charge on any atom is 0.186 e. The Kier molecular flexibility index (Phi) is 9.45. The number of aliphatic hydroxyl groups is 6. The Balaban J connectivity index is 1.75. The highest BCUT2D eigenvalue weighted by molar-refractivity contribution is 5.05. The van der Waals surface area contributed by atoms with Crippen LogP contribution < -0.4 is 28.3 Å². The van der Waals surface area contributed by atoms with Crippen molar-refractivity contribution in [1.82, 2.24) is 5.32 Å². The summed E-state index contributed by atoms with van der Waals surface area (Å²) in [5, 5.41) is 65.4. The molecule has 2 aliphatic heterocycles. The zero-order valence-corrected chi connectivity index (χ0v) is 19.8. The summed E-state index contributed by atoms with van der Waals surface area (Å²) in [5.41, 5.74) is 22.3. The van der Waals surface area contributed by atoms with Gasteiger partial charge in [-0.2, -0.15) is 0 Å². The van der Waals surface area contributed by atoms with E-state index in [-0.39, 0.29) is 13.0 Å². The summed E-state index contributed by atoms with van der Waals surface area (Å²) in [5.74, 6) is 0. The minimum absolute atomic E-state index is 0.111. The summed E-state index contributed by atoms with van der Waals surface area (Å²) in [6.45, 7) is 0.743. The minimum Gasteiger partial charge on any atom is -0.394 e. The van der Waals surface area contributed by atoms with E-state index < -0.39 is 97.8 Å². The lowest BCUT2D eigenvalue weighted by Crippen LogP contribution is -2.71. The summed E-state index contributed by atoms with van der Waals surface area (Å²) >= 11 is 0. The third-order valence-electron chi connectivity index (χ3n) is 7.30. The molecule has 2 saturated heterocycles. The molecule has 15 heteroatoms. The number of rotatable bonds is 7.